The largest absolute Gasteiger partial charge is 0.324 e. The van der Waals surface area contributed by atoms with E-state index < -0.39 is 5.25 Å². The maximum absolute atomic E-state index is 12.1. The standard InChI is InChI=1S/C12H10Cl2N4O2S/c1-6(21-12-17-10(19)5-15-18-12)11(20)16-9-4-7(13)2-3-8(9)14/h2-6H,1H3,(H,16,20)(H,17,18,19)/t6-/m1/s1. The third-order valence-corrected chi connectivity index (χ3v) is 3.94. The van der Waals surface area contributed by atoms with E-state index in [0.29, 0.717) is 15.7 Å². The van der Waals surface area contributed by atoms with Gasteiger partial charge in [-0.15, -0.1) is 5.10 Å². The van der Waals surface area contributed by atoms with Gasteiger partial charge in [-0.2, -0.15) is 5.10 Å². The fraction of sp³-hybridized carbons (Fsp3) is 0.167. The van der Waals surface area contributed by atoms with E-state index in [2.05, 4.69) is 20.5 Å². The smallest absolute Gasteiger partial charge is 0.270 e. The number of thioether (sulfide) groups is 1. The molecule has 0 saturated heterocycles. The summed E-state index contributed by atoms with van der Waals surface area (Å²) in [7, 11) is 0. The lowest BCUT2D eigenvalue weighted by Gasteiger charge is -2.12. The van der Waals surface area contributed by atoms with Gasteiger partial charge in [0.2, 0.25) is 5.91 Å². The first-order valence-corrected chi connectivity index (χ1v) is 7.44. The number of nitrogens with one attached hydrogen (secondary N) is 2. The molecule has 21 heavy (non-hydrogen) atoms. The van der Waals surface area contributed by atoms with Gasteiger partial charge in [-0.25, -0.2) is 0 Å². The Labute approximate surface area is 134 Å². The summed E-state index contributed by atoms with van der Waals surface area (Å²) in [6.07, 6.45) is 1.06. The highest BCUT2D eigenvalue weighted by Gasteiger charge is 2.17. The number of aromatic amines is 1. The molecule has 9 heteroatoms. The first kappa shape index (κ1) is 15.8. The highest BCUT2D eigenvalue weighted by atomic mass is 35.5. The normalized spacial score (nSPS) is 12.0. The van der Waals surface area contributed by atoms with Gasteiger partial charge in [-0.1, -0.05) is 35.0 Å². The van der Waals surface area contributed by atoms with E-state index in [1.165, 1.54) is 0 Å². The molecule has 110 valence electrons. The molecule has 0 fully saturated rings. The summed E-state index contributed by atoms with van der Waals surface area (Å²) in [6, 6.07) is 4.78. The molecule has 1 heterocycles. The van der Waals surface area contributed by atoms with E-state index >= 15 is 0 Å². The molecule has 2 aromatic rings. The Morgan fingerprint density at radius 3 is 2.90 bits per heavy atom. The molecule has 0 spiro atoms. The van der Waals surface area contributed by atoms with Gasteiger partial charge in [0.05, 0.1) is 16.0 Å². The van der Waals surface area contributed by atoms with E-state index in [4.69, 9.17) is 23.2 Å². The summed E-state index contributed by atoms with van der Waals surface area (Å²) in [5.41, 5.74) is 0.0484. The van der Waals surface area contributed by atoms with Crippen molar-refractivity contribution in [2.75, 3.05) is 5.32 Å². The minimum atomic E-state index is -0.507. The lowest BCUT2D eigenvalue weighted by Crippen LogP contribution is -2.23. The molecule has 1 aromatic heterocycles. The van der Waals surface area contributed by atoms with Crippen LogP contribution in [0.3, 0.4) is 0 Å². The fourth-order valence-electron chi connectivity index (χ4n) is 1.40. The quantitative estimate of drug-likeness (QED) is 0.832. The topological polar surface area (TPSA) is 87.7 Å². The molecular formula is C12H10Cl2N4O2S. The first-order chi connectivity index (χ1) is 9.95. The van der Waals surface area contributed by atoms with Crippen molar-refractivity contribution in [2.24, 2.45) is 0 Å². The molecule has 0 aliphatic carbocycles. The van der Waals surface area contributed by atoms with Crippen molar-refractivity contribution in [2.45, 2.75) is 17.3 Å². The summed E-state index contributed by atoms with van der Waals surface area (Å²) in [4.78, 5) is 25.7. The first-order valence-electron chi connectivity index (χ1n) is 5.80. The minimum absolute atomic E-state index is 0.266. The van der Waals surface area contributed by atoms with E-state index in [0.717, 1.165) is 18.0 Å². The van der Waals surface area contributed by atoms with Crippen LogP contribution in [-0.2, 0) is 4.79 Å². The number of benzene rings is 1. The molecule has 0 radical (unpaired) electrons. The number of hydrogen-bond donors (Lipinski definition) is 2. The Morgan fingerprint density at radius 2 is 2.19 bits per heavy atom. The average Bonchev–Trinajstić information content (AvgIpc) is 2.43. The summed E-state index contributed by atoms with van der Waals surface area (Å²) in [5, 5.41) is 10.5. The molecular weight excluding hydrogens is 335 g/mol. The highest BCUT2D eigenvalue weighted by molar-refractivity contribution is 8.00. The Morgan fingerprint density at radius 1 is 1.43 bits per heavy atom. The molecule has 0 aliphatic heterocycles. The predicted molar refractivity (Wildman–Crippen MR) is 83.1 cm³/mol. The van der Waals surface area contributed by atoms with E-state index in [1.807, 2.05) is 0 Å². The number of hydrogen-bond acceptors (Lipinski definition) is 5. The van der Waals surface area contributed by atoms with Crippen molar-refractivity contribution in [3.63, 3.8) is 0 Å². The lowest BCUT2D eigenvalue weighted by atomic mass is 10.3. The molecule has 6 nitrogen and oxygen atoms in total. The molecule has 1 aromatic carbocycles. The van der Waals surface area contributed by atoms with Crippen LogP contribution < -0.4 is 10.9 Å². The SMILES string of the molecule is C[C@@H](Sc1nncc(=O)[nH]1)C(=O)Nc1cc(Cl)ccc1Cl. The lowest BCUT2D eigenvalue weighted by molar-refractivity contribution is -0.115. The van der Waals surface area contributed by atoms with Crippen LogP contribution in [0.15, 0.2) is 34.3 Å². The van der Waals surface area contributed by atoms with E-state index in [9.17, 15) is 9.59 Å². The molecule has 2 N–H and O–H groups in total. The third kappa shape index (κ3) is 4.45. The number of halogens is 2. The molecule has 1 atom stereocenters. The van der Waals surface area contributed by atoms with Gasteiger partial charge >= 0.3 is 0 Å². The van der Waals surface area contributed by atoms with Crippen LogP contribution in [0, 0.1) is 0 Å². The fourth-order valence-corrected chi connectivity index (χ4v) is 2.49. The zero-order valence-electron chi connectivity index (χ0n) is 10.8. The monoisotopic (exact) mass is 344 g/mol. The number of anilines is 1. The number of aromatic nitrogens is 3. The zero-order valence-corrected chi connectivity index (χ0v) is 13.1. The van der Waals surface area contributed by atoms with Crippen LogP contribution in [0.5, 0.6) is 0 Å². The van der Waals surface area contributed by atoms with Crippen LogP contribution in [0.1, 0.15) is 6.92 Å². The van der Waals surface area contributed by atoms with Crippen LogP contribution in [0.25, 0.3) is 0 Å². The number of amides is 1. The average molecular weight is 345 g/mol. The van der Waals surface area contributed by atoms with Gasteiger partial charge in [-0.3, -0.25) is 14.6 Å². The van der Waals surface area contributed by atoms with Gasteiger partial charge in [-0.05, 0) is 25.1 Å². The molecule has 0 unspecified atom stereocenters. The summed E-state index contributed by atoms with van der Waals surface area (Å²) in [6.45, 7) is 1.67. The van der Waals surface area contributed by atoms with E-state index in [-0.39, 0.29) is 16.6 Å². The number of nitrogens with zero attached hydrogens (tertiary/aromatic N) is 2. The summed E-state index contributed by atoms with van der Waals surface area (Å²) < 4.78 is 0. The summed E-state index contributed by atoms with van der Waals surface area (Å²) in [5.74, 6) is -0.296. The molecule has 1 amide bonds. The van der Waals surface area contributed by atoms with Gasteiger partial charge in [0, 0.05) is 5.02 Å². The number of H-pyrrole nitrogens is 1. The molecule has 0 bridgehead atoms. The zero-order chi connectivity index (χ0) is 15.4. The van der Waals surface area contributed by atoms with Crippen molar-refractivity contribution in [3.8, 4) is 0 Å². The van der Waals surface area contributed by atoms with Crippen molar-refractivity contribution in [3.05, 3.63) is 44.8 Å². The maximum atomic E-state index is 12.1. The molecule has 2 rings (SSSR count). The molecule has 0 saturated carbocycles. The Balaban J connectivity index is 2.06. The van der Waals surface area contributed by atoms with Crippen LogP contribution in [-0.4, -0.2) is 26.3 Å². The Bertz CT molecular complexity index is 722. The second-order valence-electron chi connectivity index (χ2n) is 4.01. The van der Waals surface area contributed by atoms with Crippen LogP contribution in [0.4, 0.5) is 5.69 Å². The molecule has 0 aliphatic rings. The van der Waals surface area contributed by atoms with Crippen molar-refractivity contribution in [1.82, 2.24) is 15.2 Å². The van der Waals surface area contributed by atoms with Gasteiger partial charge in [0.25, 0.3) is 5.56 Å². The number of carbonyl (C=O) groups is 1. The van der Waals surface area contributed by atoms with E-state index in [1.54, 1.807) is 25.1 Å². The second-order valence-corrected chi connectivity index (χ2v) is 6.19. The van der Waals surface area contributed by atoms with Crippen molar-refractivity contribution < 1.29 is 4.79 Å². The van der Waals surface area contributed by atoms with Crippen LogP contribution >= 0.6 is 35.0 Å². The van der Waals surface area contributed by atoms with Gasteiger partial charge in [0.1, 0.15) is 6.20 Å². The number of rotatable bonds is 4. The van der Waals surface area contributed by atoms with Gasteiger partial charge in [0.15, 0.2) is 5.16 Å². The third-order valence-electron chi connectivity index (χ3n) is 2.40. The second kappa shape index (κ2) is 6.93. The van der Waals surface area contributed by atoms with Gasteiger partial charge < -0.3 is 5.32 Å². The van der Waals surface area contributed by atoms with Crippen molar-refractivity contribution >= 4 is 46.6 Å². The maximum Gasteiger partial charge on any atom is 0.270 e. The van der Waals surface area contributed by atoms with Crippen LogP contribution in [0.2, 0.25) is 10.0 Å². The van der Waals surface area contributed by atoms with Crippen molar-refractivity contribution in [1.29, 1.82) is 0 Å². The number of carbonyl (C=O) groups excluding carboxylic acids is 1. The highest BCUT2D eigenvalue weighted by Crippen LogP contribution is 2.27. The summed E-state index contributed by atoms with van der Waals surface area (Å²) >= 11 is 12.9. The predicted octanol–water partition coefficient (Wildman–Crippen LogP) is 2.59. The Hall–Kier alpha value is -1.57. The Kier molecular flexibility index (Phi) is 5.22. The minimum Gasteiger partial charge on any atom is -0.324 e.